The molecule has 0 radical (unpaired) electrons. The number of carboxylic acids is 1. The topological polar surface area (TPSA) is 62.5 Å². The number of aromatic nitrogens is 1. The van der Waals surface area contributed by atoms with E-state index in [2.05, 4.69) is 0 Å². The van der Waals surface area contributed by atoms with E-state index in [9.17, 15) is 9.59 Å². The Morgan fingerprint density at radius 1 is 1.50 bits per heavy atom. The van der Waals surface area contributed by atoms with E-state index >= 15 is 0 Å². The maximum absolute atomic E-state index is 11.9. The fourth-order valence-electron chi connectivity index (χ4n) is 1.44. The van der Waals surface area contributed by atoms with Gasteiger partial charge in [0.1, 0.15) is 5.56 Å². The molecule has 0 aromatic carbocycles. The van der Waals surface area contributed by atoms with Crippen LogP contribution in [0.5, 0.6) is 0 Å². The molecule has 0 spiro atoms. The van der Waals surface area contributed by atoms with E-state index in [-0.39, 0.29) is 18.0 Å². The molecule has 0 atom stereocenters. The van der Waals surface area contributed by atoms with Crippen molar-refractivity contribution in [3.63, 3.8) is 0 Å². The van der Waals surface area contributed by atoms with Gasteiger partial charge in [-0.25, -0.2) is 4.79 Å². The van der Waals surface area contributed by atoms with Crippen LogP contribution in [0.15, 0.2) is 10.9 Å². The van der Waals surface area contributed by atoms with Crippen molar-refractivity contribution in [1.82, 2.24) is 9.47 Å². The average Bonchev–Trinajstić information content (AvgIpc) is 2.22. The molecule has 0 saturated heterocycles. The number of hydrogen-bond donors (Lipinski definition) is 1. The monoisotopic (exact) mass is 294 g/mol. The van der Waals surface area contributed by atoms with Gasteiger partial charge in [0.25, 0.3) is 5.56 Å². The Balaban J connectivity index is 0.00000289. The van der Waals surface area contributed by atoms with Crippen LogP contribution in [-0.2, 0) is 6.54 Å². The largest absolute Gasteiger partial charge is 0.477 e. The summed E-state index contributed by atoms with van der Waals surface area (Å²) in [6.45, 7) is 2.75. The van der Waals surface area contributed by atoms with Crippen molar-refractivity contribution in [2.75, 3.05) is 20.6 Å². The summed E-state index contributed by atoms with van der Waals surface area (Å²) in [6.07, 6.45) is 0. The molecule has 0 aliphatic carbocycles. The molecule has 0 bridgehead atoms. The molecule has 1 aromatic heterocycles. The van der Waals surface area contributed by atoms with Crippen LogP contribution in [0.2, 0.25) is 5.02 Å². The van der Waals surface area contributed by atoms with Crippen LogP contribution in [0.25, 0.3) is 0 Å². The van der Waals surface area contributed by atoms with Crippen molar-refractivity contribution in [1.29, 1.82) is 0 Å². The van der Waals surface area contributed by atoms with Crippen LogP contribution in [-0.4, -0.2) is 41.2 Å². The SMILES string of the molecule is Cc1c(Cl)cc(C(=O)O)c(=O)n1CCN(C)C.Cl. The Morgan fingerprint density at radius 3 is 2.50 bits per heavy atom. The number of halogens is 2. The average molecular weight is 295 g/mol. The Bertz CT molecular complexity index is 498. The van der Waals surface area contributed by atoms with E-state index in [0.717, 1.165) is 0 Å². The lowest BCUT2D eigenvalue weighted by atomic mass is 10.2. The summed E-state index contributed by atoms with van der Waals surface area (Å²) in [5.41, 5.74) is -0.218. The van der Waals surface area contributed by atoms with Gasteiger partial charge in [-0.15, -0.1) is 12.4 Å². The van der Waals surface area contributed by atoms with Crippen molar-refractivity contribution >= 4 is 30.0 Å². The minimum Gasteiger partial charge on any atom is -0.477 e. The Kier molecular flexibility index (Phi) is 6.38. The molecular weight excluding hydrogens is 279 g/mol. The van der Waals surface area contributed by atoms with Crippen molar-refractivity contribution in [3.05, 3.63) is 32.7 Å². The highest BCUT2D eigenvalue weighted by atomic mass is 35.5. The van der Waals surface area contributed by atoms with Gasteiger partial charge in [-0.2, -0.15) is 0 Å². The number of nitrogens with zero attached hydrogens (tertiary/aromatic N) is 2. The fourth-order valence-corrected chi connectivity index (χ4v) is 1.65. The first-order valence-electron chi connectivity index (χ1n) is 5.12. The molecule has 7 heteroatoms. The molecule has 1 rings (SSSR count). The van der Waals surface area contributed by atoms with Gasteiger partial charge in [0.05, 0.1) is 5.02 Å². The summed E-state index contributed by atoms with van der Waals surface area (Å²) < 4.78 is 1.39. The number of aromatic carboxylic acids is 1. The number of hydrogen-bond acceptors (Lipinski definition) is 3. The third kappa shape index (κ3) is 3.73. The predicted molar refractivity (Wildman–Crippen MR) is 73.2 cm³/mol. The van der Waals surface area contributed by atoms with E-state index in [0.29, 0.717) is 23.8 Å². The quantitative estimate of drug-likeness (QED) is 0.914. The Hall–Kier alpha value is -1.04. The van der Waals surface area contributed by atoms with Crippen LogP contribution in [0, 0.1) is 6.92 Å². The fraction of sp³-hybridized carbons (Fsp3) is 0.455. The van der Waals surface area contributed by atoms with Gasteiger partial charge >= 0.3 is 5.97 Å². The van der Waals surface area contributed by atoms with E-state index in [1.807, 2.05) is 19.0 Å². The summed E-state index contributed by atoms with van der Waals surface area (Å²) in [6, 6.07) is 1.20. The Morgan fingerprint density at radius 2 is 2.06 bits per heavy atom. The van der Waals surface area contributed by atoms with Gasteiger partial charge in [-0.05, 0) is 27.1 Å². The maximum atomic E-state index is 11.9. The summed E-state index contributed by atoms with van der Waals surface area (Å²) in [4.78, 5) is 24.7. The second-order valence-electron chi connectivity index (χ2n) is 4.06. The number of likely N-dealkylation sites (N-methyl/N-ethyl adjacent to an activating group) is 1. The third-order valence-electron chi connectivity index (χ3n) is 2.50. The first-order valence-corrected chi connectivity index (χ1v) is 5.50. The minimum atomic E-state index is -1.25. The van der Waals surface area contributed by atoms with Crippen molar-refractivity contribution < 1.29 is 9.90 Å². The highest BCUT2D eigenvalue weighted by Gasteiger charge is 2.15. The van der Waals surface area contributed by atoms with E-state index in [1.54, 1.807) is 6.92 Å². The summed E-state index contributed by atoms with van der Waals surface area (Å²) in [7, 11) is 3.76. The summed E-state index contributed by atoms with van der Waals surface area (Å²) >= 11 is 5.91. The first kappa shape index (κ1) is 17.0. The summed E-state index contributed by atoms with van der Waals surface area (Å²) in [5, 5.41) is 9.19. The van der Waals surface area contributed by atoms with E-state index < -0.39 is 11.5 Å². The second-order valence-corrected chi connectivity index (χ2v) is 4.46. The third-order valence-corrected chi connectivity index (χ3v) is 2.88. The van der Waals surface area contributed by atoms with Crippen molar-refractivity contribution in [3.8, 4) is 0 Å². The first-order chi connectivity index (χ1) is 7.84. The smallest absolute Gasteiger partial charge is 0.341 e. The van der Waals surface area contributed by atoms with Gasteiger partial charge in [0.2, 0.25) is 0 Å². The Labute approximate surface area is 116 Å². The molecule has 5 nitrogen and oxygen atoms in total. The molecule has 1 N–H and O–H groups in total. The van der Waals surface area contributed by atoms with Crippen LogP contribution < -0.4 is 5.56 Å². The lowest BCUT2D eigenvalue weighted by Crippen LogP contribution is -2.31. The van der Waals surface area contributed by atoms with Gasteiger partial charge in [-0.1, -0.05) is 11.6 Å². The zero-order valence-electron chi connectivity index (χ0n) is 10.4. The summed E-state index contributed by atoms with van der Waals surface area (Å²) in [5.74, 6) is -1.25. The van der Waals surface area contributed by atoms with Crippen LogP contribution in [0.1, 0.15) is 16.1 Å². The number of rotatable bonds is 4. The van der Waals surface area contributed by atoms with Gasteiger partial charge in [0.15, 0.2) is 0 Å². The number of carbonyl (C=O) groups is 1. The normalized spacial score (nSPS) is 10.3. The van der Waals surface area contributed by atoms with Gasteiger partial charge in [-0.3, -0.25) is 4.79 Å². The molecule has 1 aromatic rings. The number of carboxylic acid groups (broad SMARTS) is 1. The molecule has 0 fully saturated rings. The lowest BCUT2D eigenvalue weighted by molar-refractivity contribution is 0.0694. The molecule has 18 heavy (non-hydrogen) atoms. The molecule has 0 amide bonds. The molecule has 0 unspecified atom stereocenters. The van der Waals surface area contributed by atoms with Crippen molar-refractivity contribution in [2.45, 2.75) is 13.5 Å². The highest BCUT2D eigenvalue weighted by Crippen LogP contribution is 2.14. The van der Waals surface area contributed by atoms with Gasteiger partial charge < -0.3 is 14.6 Å². The van der Waals surface area contributed by atoms with Crippen LogP contribution in [0.3, 0.4) is 0 Å². The van der Waals surface area contributed by atoms with Crippen LogP contribution in [0.4, 0.5) is 0 Å². The zero-order valence-corrected chi connectivity index (χ0v) is 12.0. The molecular formula is C11H16Cl2N2O3. The minimum absolute atomic E-state index is 0. The standard InChI is InChI=1S/C11H15ClN2O3.ClH/c1-7-9(12)6-8(11(16)17)10(15)14(7)5-4-13(2)3;/h6H,4-5H2,1-3H3,(H,16,17);1H. The molecule has 0 saturated carbocycles. The molecule has 1 heterocycles. The molecule has 0 aliphatic rings. The lowest BCUT2D eigenvalue weighted by Gasteiger charge is -2.15. The van der Waals surface area contributed by atoms with Crippen molar-refractivity contribution in [2.24, 2.45) is 0 Å². The van der Waals surface area contributed by atoms with E-state index in [4.69, 9.17) is 16.7 Å². The van der Waals surface area contributed by atoms with Crippen LogP contribution >= 0.6 is 24.0 Å². The molecule has 102 valence electrons. The second kappa shape index (κ2) is 6.78. The van der Waals surface area contributed by atoms with Gasteiger partial charge in [0, 0.05) is 18.8 Å². The predicted octanol–water partition coefficient (Wildman–Crippen LogP) is 1.49. The molecule has 0 aliphatic heterocycles. The number of pyridine rings is 1. The zero-order chi connectivity index (χ0) is 13.2. The highest BCUT2D eigenvalue weighted by molar-refractivity contribution is 6.31. The maximum Gasteiger partial charge on any atom is 0.341 e. The van der Waals surface area contributed by atoms with E-state index in [1.165, 1.54) is 10.6 Å².